The van der Waals surface area contributed by atoms with Gasteiger partial charge in [0.05, 0.1) is 0 Å². The molecule has 0 spiro atoms. The fourth-order valence-electron chi connectivity index (χ4n) is 2.44. The summed E-state index contributed by atoms with van der Waals surface area (Å²) in [7, 11) is 1.74. The van der Waals surface area contributed by atoms with Crippen molar-refractivity contribution in [2.45, 2.75) is 39.7 Å². The summed E-state index contributed by atoms with van der Waals surface area (Å²) in [5, 5.41) is 0. The first-order chi connectivity index (χ1) is 8.01. The minimum Gasteiger partial charge on any atom is -0.384 e. The van der Waals surface area contributed by atoms with Crippen molar-refractivity contribution in [3.8, 4) is 0 Å². The molecule has 0 fully saturated rings. The van der Waals surface area contributed by atoms with Crippen LogP contribution in [-0.4, -0.2) is 19.8 Å². The van der Waals surface area contributed by atoms with Crippen molar-refractivity contribution in [3.05, 3.63) is 34.9 Å². The van der Waals surface area contributed by atoms with Crippen molar-refractivity contribution in [1.29, 1.82) is 0 Å². The molecule has 1 aromatic rings. The Kier molecular flexibility index (Phi) is 5.66. The first-order valence-electron chi connectivity index (χ1n) is 6.33. The first kappa shape index (κ1) is 14.2. The average Bonchev–Trinajstić information content (AvgIpc) is 2.14. The second-order valence-electron chi connectivity index (χ2n) is 5.26. The van der Waals surface area contributed by atoms with Crippen LogP contribution in [0.5, 0.6) is 0 Å². The molecule has 2 nitrogen and oxygen atoms in total. The molecule has 0 radical (unpaired) electrons. The van der Waals surface area contributed by atoms with E-state index in [4.69, 9.17) is 10.5 Å². The fourth-order valence-corrected chi connectivity index (χ4v) is 2.44. The van der Waals surface area contributed by atoms with Gasteiger partial charge < -0.3 is 10.5 Å². The van der Waals surface area contributed by atoms with Crippen LogP contribution in [0.15, 0.2) is 18.2 Å². The van der Waals surface area contributed by atoms with E-state index in [0.717, 1.165) is 19.4 Å². The molecule has 1 rings (SSSR count). The molecule has 2 atom stereocenters. The van der Waals surface area contributed by atoms with Gasteiger partial charge in [-0.2, -0.15) is 0 Å². The molecule has 0 amide bonds. The number of hydrogen-bond acceptors (Lipinski definition) is 2. The normalized spacial score (nSPS) is 14.6. The zero-order valence-corrected chi connectivity index (χ0v) is 11.5. The van der Waals surface area contributed by atoms with E-state index in [1.54, 1.807) is 7.11 Å². The van der Waals surface area contributed by atoms with Crippen LogP contribution >= 0.6 is 0 Å². The van der Waals surface area contributed by atoms with Crippen LogP contribution in [0.1, 0.15) is 30.0 Å². The first-order valence-corrected chi connectivity index (χ1v) is 6.33. The molecule has 1 aromatic carbocycles. The smallest absolute Gasteiger partial charge is 0.0488 e. The molecule has 0 aliphatic carbocycles. The van der Waals surface area contributed by atoms with Crippen molar-refractivity contribution in [2.24, 2.45) is 11.7 Å². The fraction of sp³-hybridized carbons (Fsp3) is 0.600. The average molecular weight is 235 g/mol. The van der Waals surface area contributed by atoms with Crippen LogP contribution in [0.3, 0.4) is 0 Å². The standard InChI is InChI=1S/C15H25NO/c1-11-5-12(2)7-14(6-11)9-15(16)8-13(3)10-17-4/h5-7,13,15H,8-10,16H2,1-4H3. The van der Waals surface area contributed by atoms with Gasteiger partial charge in [0.15, 0.2) is 0 Å². The van der Waals surface area contributed by atoms with Gasteiger partial charge in [0.1, 0.15) is 0 Å². The summed E-state index contributed by atoms with van der Waals surface area (Å²) in [6.45, 7) is 7.25. The molecule has 2 N–H and O–H groups in total. The van der Waals surface area contributed by atoms with Crippen molar-refractivity contribution in [1.82, 2.24) is 0 Å². The lowest BCUT2D eigenvalue weighted by molar-refractivity contribution is 0.152. The third kappa shape index (κ3) is 5.33. The molecule has 2 unspecified atom stereocenters. The number of nitrogens with two attached hydrogens (primary N) is 1. The van der Waals surface area contributed by atoms with Crippen LogP contribution in [0, 0.1) is 19.8 Å². The summed E-state index contributed by atoms with van der Waals surface area (Å²) in [6.07, 6.45) is 1.97. The maximum absolute atomic E-state index is 6.18. The molecule has 0 aliphatic heterocycles. The molecule has 0 saturated carbocycles. The zero-order chi connectivity index (χ0) is 12.8. The van der Waals surface area contributed by atoms with Gasteiger partial charge >= 0.3 is 0 Å². The van der Waals surface area contributed by atoms with Gasteiger partial charge in [0.2, 0.25) is 0 Å². The van der Waals surface area contributed by atoms with E-state index in [9.17, 15) is 0 Å². The number of hydrogen-bond donors (Lipinski definition) is 1. The lowest BCUT2D eigenvalue weighted by Gasteiger charge is -2.17. The van der Waals surface area contributed by atoms with E-state index in [1.165, 1.54) is 16.7 Å². The largest absolute Gasteiger partial charge is 0.384 e. The molecule has 0 heterocycles. The summed E-state index contributed by atoms with van der Waals surface area (Å²) in [4.78, 5) is 0. The van der Waals surface area contributed by atoms with Crippen molar-refractivity contribution >= 4 is 0 Å². The predicted molar refractivity (Wildman–Crippen MR) is 73.3 cm³/mol. The maximum Gasteiger partial charge on any atom is 0.0488 e. The Morgan fingerprint density at radius 2 is 1.76 bits per heavy atom. The highest BCUT2D eigenvalue weighted by atomic mass is 16.5. The highest BCUT2D eigenvalue weighted by Crippen LogP contribution is 2.13. The Hall–Kier alpha value is -0.860. The second kappa shape index (κ2) is 6.77. The van der Waals surface area contributed by atoms with Gasteiger partial charge in [-0.25, -0.2) is 0 Å². The van der Waals surface area contributed by atoms with E-state index in [-0.39, 0.29) is 6.04 Å². The second-order valence-corrected chi connectivity index (χ2v) is 5.26. The maximum atomic E-state index is 6.18. The summed E-state index contributed by atoms with van der Waals surface area (Å²) >= 11 is 0. The van der Waals surface area contributed by atoms with Crippen LogP contribution in [0.25, 0.3) is 0 Å². The molecular formula is C15H25NO. The lowest BCUT2D eigenvalue weighted by Crippen LogP contribution is -2.26. The Morgan fingerprint density at radius 3 is 2.29 bits per heavy atom. The van der Waals surface area contributed by atoms with E-state index in [0.29, 0.717) is 5.92 Å². The van der Waals surface area contributed by atoms with E-state index < -0.39 is 0 Å². The van der Waals surface area contributed by atoms with Crippen molar-refractivity contribution < 1.29 is 4.74 Å². The summed E-state index contributed by atoms with van der Waals surface area (Å²) in [6, 6.07) is 6.88. The van der Waals surface area contributed by atoms with Crippen molar-refractivity contribution in [3.63, 3.8) is 0 Å². The molecule has 0 aliphatic rings. The molecule has 0 saturated heterocycles. The lowest BCUT2D eigenvalue weighted by atomic mass is 9.95. The molecule has 0 bridgehead atoms. The van der Waals surface area contributed by atoms with Crippen LogP contribution in [0.4, 0.5) is 0 Å². The van der Waals surface area contributed by atoms with Gasteiger partial charge in [-0.3, -0.25) is 0 Å². The summed E-state index contributed by atoms with van der Waals surface area (Å²) in [5.41, 5.74) is 10.2. The number of aryl methyl sites for hydroxylation is 2. The van der Waals surface area contributed by atoms with Crippen LogP contribution in [0.2, 0.25) is 0 Å². The number of benzene rings is 1. The monoisotopic (exact) mass is 235 g/mol. The molecular weight excluding hydrogens is 210 g/mol. The van der Waals surface area contributed by atoms with Gasteiger partial charge in [0, 0.05) is 19.8 Å². The molecule has 2 heteroatoms. The Morgan fingerprint density at radius 1 is 1.18 bits per heavy atom. The van der Waals surface area contributed by atoms with E-state index in [2.05, 4.69) is 39.0 Å². The van der Waals surface area contributed by atoms with Crippen LogP contribution < -0.4 is 5.73 Å². The number of rotatable bonds is 6. The quantitative estimate of drug-likeness (QED) is 0.823. The minimum atomic E-state index is 0.223. The van der Waals surface area contributed by atoms with Gasteiger partial charge in [-0.05, 0) is 38.2 Å². The summed E-state index contributed by atoms with van der Waals surface area (Å²) in [5.74, 6) is 0.529. The van der Waals surface area contributed by atoms with Gasteiger partial charge in [0.25, 0.3) is 0 Å². The predicted octanol–water partition coefficient (Wildman–Crippen LogP) is 2.85. The summed E-state index contributed by atoms with van der Waals surface area (Å²) < 4.78 is 5.14. The van der Waals surface area contributed by atoms with Crippen molar-refractivity contribution in [2.75, 3.05) is 13.7 Å². The molecule has 96 valence electrons. The van der Waals surface area contributed by atoms with Gasteiger partial charge in [-0.1, -0.05) is 36.2 Å². The Bertz CT molecular complexity index is 329. The van der Waals surface area contributed by atoms with E-state index in [1.807, 2.05) is 0 Å². The van der Waals surface area contributed by atoms with Gasteiger partial charge in [-0.15, -0.1) is 0 Å². The SMILES string of the molecule is COCC(C)CC(N)Cc1cc(C)cc(C)c1. The third-order valence-electron chi connectivity index (χ3n) is 2.94. The van der Waals surface area contributed by atoms with Crippen LogP contribution in [-0.2, 0) is 11.2 Å². The Balaban J connectivity index is 2.52. The zero-order valence-electron chi connectivity index (χ0n) is 11.5. The Labute approximate surface area is 105 Å². The third-order valence-corrected chi connectivity index (χ3v) is 2.94. The number of methoxy groups -OCH3 is 1. The minimum absolute atomic E-state index is 0.223. The molecule has 17 heavy (non-hydrogen) atoms. The topological polar surface area (TPSA) is 35.2 Å². The molecule has 0 aromatic heterocycles. The highest BCUT2D eigenvalue weighted by Gasteiger charge is 2.10. The van der Waals surface area contributed by atoms with E-state index >= 15 is 0 Å². The number of ether oxygens (including phenoxy) is 1. The highest BCUT2D eigenvalue weighted by molar-refractivity contribution is 5.29.